The molecular formula is C22H23N3O3. The van der Waals surface area contributed by atoms with Gasteiger partial charge in [0.15, 0.2) is 11.5 Å². The van der Waals surface area contributed by atoms with Crippen LogP contribution in [0, 0.1) is 0 Å². The number of ether oxygens (including phenoxy) is 2. The van der Waals surface area contributed by atoms with Gasteiger partial charge >= 0.3 is 0 Å². The van der Waals surface area contributed by atoms with E-state index in [2.05, 4.69) is 10.4 Å². The lowest BCUT2D eigenvalue weighted by Crippen LogP contribution is -2.34. The highest BCUT2D eigenvalue weighted by molar-refractivity contribution is 5.95. The van der Waals surface area contributed by atoms with Gasteiger partial charge in [-0.2, -0.15) is 5.10 Å². The highest BCUT2D eigenvalue weighted by Gasteiger charge is 2.20. The molecule has 0 radical (unpaired) electrons. The van der Waals surface area contributed by atoms with Crippen LogP contribution in [0.4, 0.5) is 0 Å². The molecule has 2 aromatic carbocycles. The molecule has 0 saturated carbocycles. The van der Waals surface area contributed by atoms with Crippen LogP contribution in [0.15, 0.2) is 60.9 Å². The second-order valence-electron chi connectivity index (χ2n) is 6.71. The Bertz CT molecular complexity index is 967. The van der Waals surface area contributed by atoms with Crippen LogP contribution in [0.1, 0.15) is 23.7 Å². The number of carbonyl (C=O) groups excluding carboxylic acids is 1. The number of rotatable bonds is 6. The van der Waals surface area contributed by atoms with Crippen molar-refractivity contribution in [1.29, 1.82) is 0 Å². The summed E-state index contributed by atoms with van der Waals surface area (Å²) in [6.07, 6.45) is 4.42. The van der Waals surface area contributed by atoms with E-state index in [1.165, 1.54) is 0 Å². The second-order valence-corrected chi connectivity index (χ2v) is 6.71. The highest BCUT2D eigenvalue weighted by Crippen LogP contribution is 2.31. The number of hydrogen-bond acceptors (Lipinski definition) is 4. The summed E-state index contributed by atoms with van der Waals surface area (Å²) in [7, 11) is 0. The van der Waals surface area contributed by atoms with E-state index in [1.807, 2.05) is 72.5 Å². The molecule has 1 aromatic heterocycles. The number of carbonyl (C=O) groups is 1. The standard InChI is InChI=1S/C22H23N3O3/c1-2-25-14-18(13-24-25)16-6-5-7-17(12-16)22(26)23-11-10-19-15-27-20-8-3-4-9-21(20)28-19/h3-9,12-14,19H,2,10-11,15H2,1H3,(H,23,26). The first kappa shape index (κ1) is 18.1. The van der Waals surface area contributed by atoms with E-state index >= 15 is 0 Å². The molecule has 6 nitrogen and oxygen atoms in total. The number of hydrogen-bond donors (Lipinski definition) is 1. The van der Waals surface area contributed by atoms with E-state index in [9.17, 15) is 4.79 Å². The highest BCUT2D eigenvalue weighted by atomic mass is 16.6. The molecule has 6 heteroatoms. The minimum atomic E-state index is -0.0955. The van der Waals surface area contributed by atoms with Gasteiger partial charge in [0.25, 0.3) is 5.91 Å². The van der Waals surface area contributed by atoms with Crippen molar-refractivity contribution in [2.75, 3.05) is 13.2 Å². The van der Waals surface area contributed by atoms with Crippen molar-refractivity contribution < 1.29 is 14.3 Å². The molecule has 1 aliphatic rings. The Hall–Kier alpha value is -3.28. The van der Waals surface area contributed by atoms with Crippen LogP contribution in [0.2, 0.25) is 0 Å². The molecule has 1 unspecified atom stereocenters. The number of amides is 1. The Balaban J connectivity index is 1.32. The first-order valence-corrected chi connectivity index (χ1v) is 9.52. The lowest BCUT2D eigenvalue weighted by Gasteiger charge is -2.26. The molecule has 0 spiro atoms. The molecule has 144 valence electrons. The van der Waals surface area contributed by atoms with Gasteiger partial charge in [0.05, 0.1) is 6.20 Å². The average molecular weight is 377 g/mol. The van der Waals surface area contributed by atoms with Crippen molar-refractivity contribution in [3.05, 3.63) is 66.5 Å². The van der Waals surface area contributed by atoms with E-state index in [1.54, 1.807) is 0 Å². The molecule has 2 heterocycles. The average Bonchev–Trinajstić information content (AvgIpc) is 3.23. The summed E-state index contributed by atoms with van der Waals surface area (Å²) in [5, 5.41) is 7.26. The number of para-hydroxylation sites is 2. The summed E-state index contributed by atoms with van der Waals surface area (Å²) in [5.41, 5.74) is 2.61. The molecule has 28 heavy (non-hydrogen) atoms. The summed E-state index contributed by atoms with van der Waals surface area (Å²) in [6.45, 7) is 3.87. The monoisotopic (exact) mass is 377 g/mol. The van der Waals surface area contributed by atoms with E-state index in [0.717, 1.165) is 29.2 Å². The van der Waals surface area contributed by atoms with Crippen LogP contribution < -0.4 is 14.8 Å². The number of nitrogens with zero attached hydrogens (tertiary/aromatic N) is 2. The zero-order valence-corrected chi connectivity index (χ0v) is 15.8. The number of aromatic nitrogens is 2. The van der Waals surface area contributed by atoms with Crippen molar-refractivity contribution in [3.63, 3.8) is 0 Å². The maximum absolute atomic E-state index is 12.5. The Morgan fingerprint density at radius 3 is 2.86 bits per heavy atom. The van der Waals surface area contributed by atoms with Crippen LogP contribution >= 0.6 is 0 Å². The van der Waals surface area contributed by atoms with E-state index < -0.39 is 0 Å². The van der Waals surface area contributed by atoms with Crippen LogP contribution in [0.25, 0.3) is 11.1 Å². The van der Waals surface area contributed by atoms with Gasteiger partial charge in [-0.15, -0.1) is 0 Å². The SMILES string of the molecule is CCn1cc(-c2cccc(C(=O)NCCC3COc4ccccc4O3)c2)cn1. The molecule has 1 aliphatic heterocycles. The molecule has 0 bridgehead atoms. The minimum absolute atomic E-state index is 0.0681. The fourth-order valence-electron chi connectivity index (χ4n) is 3.18. The van der Waals surface area contributed by atoms with Gasteiger partial charge in [-0.25, -0.2) is 0 Å². The quantitative estimate of drug-likeness (QED) is 0.714. The zero-order chi connectivity index (χ0) is 19.3. The summed E-state index contributed by atoms with van der Waals surface area (Å²) in [6, 6.07) is 15.2. The van der Waals surface area contributed by atoms with E-state index in [-0.39, 0.29) is 12.0 Å². The maximum atomic E-state index is 12.5. The fourth-order valence-corrected chi connectivity index (χ4v) is 3.18. The summed E-state index contributed by atoms with van der Waals surface area (Å²) >= 11 is 0. The van der Waals surface area contributed by atoms with Gasteiger partial charge in [0.1, 0.15) is 12.7 Å². The summed E-state index contributed by atoms with van der Waals surface area (Å²) in [4.78, 5) is 12.5. The molecule has 0 fully saturated rings. The number of benzene rings is 2. The van der Waals surface area contributed by atoms with Crippen molar-refractivity contribution in [3.8, 4) is 22.6 Å². The van der Waals surface area contributed by atoms with Gasteiger partial charge in [0.2, 0.25) is 0 Å². The second kappa shape index (κ2) is 8.17. The Kier molecular flexibility index (Phi) is 5.28. The van der Waals surface area contributed by atoms with Crippen LogP contribution in [0.3, 0.4) is 0 Å². The summed E-state index contributed by atoms with van der Waals surface area (Å²) < 4.78 is 13.5. The van der Waals surface area contributed by atoms with Crippen LogP contribution in [0.5, 0.6) is 11.5 Å². The minimum Gasteiger partial charge on any atom is -0.486 e. The van der Waals surface area contributed by atoms with Crippen molar-refractivity contribution in [2.45, 2.75) is 26.0 Å². The third-order valence-corrected chi connectivity index (χ3v) is 4.73. The fraction of sp³-hybridized carbons (Fsp3) is 0.273. The summed E-state index contributed by atoms with van der Waals surface area (Å²) in [5.74, 6) is 1.43. The lowest BCUT2D eigenvalue weighted by atomic mass is 10.1. The predicted octanol–water partition coefficient (Wildman–Crippen LogP) is 3.53. The first-order valence-electron chi connectivity index (χ1n) is 9.52. The molecule has 0 saturated heterocycles. The van der Waals surface area contributed by atoms with Gasteiger partial charge in [-0.3, -0.25) is 9.48 Å². The normalized spacial score (nSPS) is 15.2. The predicted molar refractivity (Wildman–Crippen MR) is 107 cm³/mol. The van der Waals surface area contributed by atoms with Gasteiger partial charge in [-0.05, 0) is 36.8 Å². The van der Waals surface area contributed by atoms with Gasteiger partial charge in [0, 0.05) is 36.8 Å². The maximum Gasteiger partial charge on any atom is 0.251 e. The number of fused-ring (bicyclic) bond motifs is 1. The van der Waals surface area contributed by atoms with Gasteiger partial charge < -0.3 is 14.8 Å². The number of nitrogens with one attached hydrogen (secondary N) is 1. The Labute approximate surface area is 164 Å². The topological polar surface area (TPSA) is 65.4 Å². The molecule has 1 atom stereocenters. The first-order chi connectivity index (χ1) is 13.7. The van der Waals surface area contributed by atoms with Crippen LogP contribution in [-0.4, -0.2) is 34.9 Å². The largest absolute Gasteiger partial charge is 0.486 e. The van der Waals surface area contributed by atoms with Crippen molar-refractivity contribution in [1.82, 2.24) is 15.1 Å². The van der Waals surface area contributed by atoms with E-state index in [4.69, 9.17) is 9.47 Å². The Morgan fingerprint density at radius 1 is 1.18 bits per heavy atom. The van der Waals surface area contributed by atoms with Gasteiger partial charge in [-0.1, -0.05) is 24.3 Å². The lowest BCUT2D eigenvalue weighted by molar-refractivity contribution is 0.0813. The third kappa shape index (κ3) is 4.01. The molecular weight excluding hydrogens is 354 g/mol. The molecule has 3 aromatic rings. The van der Waals surface area contributed by atoms with E-state index in [0.29, 0.717) is 25.1 Å². The van der Waals surface area contributed by atoms with Crippen molar-refractivity contribution >= 4 is 5.91 Å². The molecule has 1 N–H and O–H groups in total. The molecule has 1 amide bonds. The zero-order valence-electron chi connectivity index (χ0n) is 15.8. The Morgan fingerprint density at radius 2 is 2.04 bits per heavy atom. The smallest absolute Gasteiger partial charge is 0.251 e. The molecule has 0 aliphatic carbocycles. The van der Waals surface area contributed by atoms with Crippen molar-refractivity contribution in [2.24, 2.45) is 0 Å². The third-order valence-electron chi connectivity index (χ3n) is 4.73. The molecule has 4 rings (SSSR count). The number of aryl methyl sites for hydroxylation is 1. The van der Waals surface area contributed by atoms with Crippen LogP contribution in [-0.2, 0) is 6.54 Å².